The van der Waals surface area contributed by atoms with Crippen molar-refractivity contribution in [2.24, 2.45) is 0 Å². The van der Waals surface area contributed by atoms with Gasteiger partial charge < -0.3 is 4.74 Å². The van der Waals surface area contributed by atoms with Gasteiger partial charge >= 0.3 is 5.97 Å². The van der Waals surface area contributed by atoms with Gasteiger partial charge in [-0.05, 0) is 29.7 Å². The molecule has 1 atom stereocenters. The third-order valence-corrected chi connectivity index (χ3v) is 5.24. The number of ether oxygens (including phenoxy) is 1. The number of fused-ring (bicyclic) bond motifs is 3. The van der Waals surface area contributed by atoms with E-state index in [9.17, 15) is 4.79 Å². The number of hydrogen-bond acceptors (Lipinski definition) is 3. The SMILES string of the molecule is O=C1Oc2ccccc2CC12CSc1ccccc12. The van der Waals surface area contributed by atoms with Crippen LogP contribution in [-0.2, 0) is 16.6 Å². The van der Waals surface area contributed by atoms with E-state index in [1.807, 2.05) is 30.3 Å². The van der Waals surface area contributed by atoms with Crippen LogP contribution in [-0.4, -0.2) is 11.7 Å². The van der Waals surface area contributed by atoms with Crippen molar-refractivity contribution in [1.82, 2.24) is 0 Å². The predicted molar refractivity (Wildman–Crippen MR) is 74.6 cm³/mol. The van der Waals surface area contributed by atoms with Crippen LogP contribution in [0.4, 0.5) is 0 Å². The Balaban J connectivity index is 1.88. The molecule has 0 N–H and O–H groups in total. The molecule has 2 aliphatic heterocycles. The molecule has 2 aliphatic rings. The normalized spacial score (nSPS) is 23.9. The fraction of sp³-hybridized carbons (Fsp3) is 0.188. The lowest BCUT2D eigenvalue weighted by atomic mass is 9.76. The van der Waals surface area contributed by atoms with Crippen molar-refractivity contribution in [2.45, 2.75) is 16.7 Å². The molecule has 0 aliphatic carbocycles. The first-order valence-corrected chi connectivity index (χ1v) is 7.31. The Morgan fingerprint density at radius 2 is 1.84 bits per heavy atom. The highest BCUT2D eigenvalue weighted by atomic mass is 32.2. The highest BCUT2D eigenvalue weighted by Gasteiger charge is 2.50. The van der Waals surface area contributed by atoms with Crippen LogP contribution >= 0.6 is 11.8 Å². The van der Waals surface area contributed by atoms with Crippen LogP contribution in [0.2, 0.25) is 0 Å². The molecule has 0 saturated heterocycles. The minimum atomic E-state index is -0.490. The highest BCUT2D eigenvalue weighted by molar-refractivity contribution is 7.99. The van der Waals surface area contributed by atoms with E-state index in [0.29, 0.717) is 5.75 Å². The van der Waals surface area contributed by atoms with Gasteiger partial charge in [-0.2, -0.15) is 0 Å². The molecule has 0 bridgehead atoms. The van der Waals surface area contributed by atoms with Crippen LogP contribution in [0.15, 0.2) is 53.4 Å². The summed E-state index contributed by atoms with van der Waals surface area (Å²) >= 11 is 1.75. The Labute approximate surface area is 115 Å². The van der Waals surface area contributed by atoms with E-state index < -0.39 is 5.41 Å². The van der Waals surface area contributed by atoms with Crippen LogP contribution in [0.3, 0.4) is 0 Å². The Bertz CT molecular complexity index is 680. The van der Waals surface area contributed by atoms with Gasteiger partial charge in [-0.1, -0.05) is 36.4 Å². The van der Waals surface area contributed by atoms with E-state index in [1.54, 1.807) is 11.8 Å². The Kier molecular flexibility index (Phi) is 2.27. The smallest absolute Gasteiger partial charge is 0.323 e. The first kappa shape index (κ1) is 11.1. The summed E-state index contributed by atoms with van der Waals surface area (Å²) in [4.78, 5) is 13.7. The Hall–Kier alpha value is -1.74. The summed E-state index contributed by atoms with van der Waals surface area (Å²) in [5.74, 6) is 1.38. The minimum absolute atomic E-state index is 0.108. The lowest BCUT2D eigenvalue weighted by Crippen LogP contribution is -2.44. The molecule has 2 aromatic carbocycles. The molecule has 94 valence electrons. The largest absolute Gasteiger partial charge is 0.426 e. The summed E-state index contributed by atoms with van der Waals surface area (Å²) in [5.41, 5.74) is 1.76. The summed E-state index contributed by atoms with van der Waals surface area (Å²) < 4.78 is 5.57. The van der Waals surface area contributed by atoms with Gasteiger partial charge in [0.05, 0.1) is 0 Å². The zero-order valence-corrected chi connectivity index (χ0v) is 11.1. The maximum Gasteiger partial charge on any atom is 0.323 e. The molecular formula is C16H12O2S. The molecule has 1 unspecified atom stereocenters. The molecule has 0 saturated carbocycles. The molecule has 4 rings (SSSR count). The third-order valence-electron chi connectivity index (χ3n) is 3.93. The fourth-order valence-corrected chi connectivity index (χ4v) is 4.30. The number of benzene rings is 2. The van der Waals surface area contributed by atoms with Crippen LogP contribution in [0, 0.1) is 0 Å². The van der Waals surface area contributed by atoms with Gasteiger partial charge in [0.25, 0.3) is 0 Å². The van der Waals surface area contributed by atoms with Crippen LogP contribution in [0.1, 0.15) is 11.1 Å². The molecule has 0 amide bonds. The van der Waals surface area contributed by atoms with Gasteiger partial charge in [-0.25, -0.2) is 0 Å². The van der Waals surface area contributed by atoms with E-state index in [1.165, 1.54) is 4.90 Å². The molecule has 0 radical (unpaired) electrons. The van der Waals surface area contributed by atoms with Crippen LogP contribution < -0.4 is 4.74 Å². The van der Waals surface area contributed by atoms with E-state index in [-0.39, 0.29) is 5.97 Å². The van der Waals surface area contributed by atoms with Crippen molar-refractivity contribution in [3.63, 3.8) is 0 Å². The van der Waals surface area contributed by atoms with Crippen LogP contribution in [0.5, 0.6) is 5.75 Å². The Morgan fingerprint density at radius 1 is 1.05 bits per heavy atom. The molecule has 2 heterocycles. The number of para-hydroxylation sites is 1. The summed E-state index contributed by atoms with van der Waals surface area (Å²) in [6, 6.07) is 16.0. The first-order chi connectivity index (χ1) is 9.29. The fourth-order valence-electron chi connectivity index (χ4n) is 2.93. The number of rotatable bonds is 0. The Morgan fingerprint density at radius 3 is 2.79 bits per heavy atom. The average Bonchev–Trinajstić information content (AvgIpc) is 2.81. The topological polar surface area (TPSA) is 26.3 Å². The van der Waals surface area contributed by atoms with Crippen molar-refractivity contribution in [2.75, 3.05) is 5.75 Å². The number of hydrogen-bond donors (Lipinski definition) is 0. The lowest BCUT2D eigenvalue weighted by molar-refractivity contribution is -0.141. The maximum absolute atomic E-state index is 12.5. The summed E-state index contributed by atoms with van der Waals surface area (Å²) in [5, 5.41) is 0. The summed E-state index contributed by atoms with van der Waals surface area (Å²) in [7, 11) is 0. The van der Waals surface area contributed by atoms with Crippen molar-refractivity contribution in [3.8, 4) is 5.75 Å². The number of esters is 1. The second-order valence-corrected chi connectivity index (χ2v) is 6.06. The number of carbonyl (C=O) groups excluding carboxylic acids is 1. The average molecular weight is 268 g/mol. The maximum atomic E-state index is 12.5. The zero-order chi connectivity index (χ0) is 12.9. The van der Waals surface area contributed by atoms with Gasteiger partial charge in [0.2, 0.25) is 0 Å². The van der Waals surface area contributed by atoms with Gasteiger partial charge in [0.15, 0.2) is 0 Å². The second kappa shape index (κ2) is 3.87. The van der Waals surface area contributed by atoms with Crippen molar-refractivity contribution in [1.29, 1.82) is 0 Å². The van der Waals surface area contributed by atoms with E-state index in [0.717, 1.165) is 23.3 Å². The summed E-state index contributed by atoms with van der Waals surface area (Å²) in [6.07, 6.45) is 0.742. The van der Waals surface area contributed by atoms with Crippen molar-refractivity contribution in [3.05, 3.63) is 59.7 Å². The molecule has 3 heteroatoms. The number of thioether (sulfide) groups is 1. The highest BCUT2D eigenvalue weighted by Crippen LogP contribution is 2.49. The second-order valence-electron chi connectivity index (χ2n) is 5.04. The molecule has 0 aromatic heterocycles. The van der Waals surface area contributed by atoms with E-state index in [4.69, 9.17) is 4.74 Å². The molecule has 0 fully saturated rings. The zero-order valence-electron chi connectivity index (χ0n) is 10.3. The number of carbonyl (C=O) groups is 1. The quantitative estimate of drug-likeness (QED) is 0.542. The van der Waals surface area contributed by atoms with E-state index >= 15 is 0 Å². The van der Waals surface area contributed by atoms with Crippen molar-refractivity contribution >= 4 is 17.7 Å². The standard InChI is InChI=1S/C16H12O2S/c17-15-16(9-11-5-1-3-7-13(11)18-15)10-19-14-8-4-2-6-12(14)16/h1-8H,9-10H2. The minimum Gasteiger partial charge on any atom is -0.426 e. The lowest BCUT2D eigenvalue weighted by Gasteiger charge is -2.32. The van der Waals surface area contributed by atoms with Gasteiger partial charge in [0, 0.05) is 10.6 Å². The molecule has 19 heavy (non-hydrogen) atoms. The van der Waals surface area contributed by atoms with Crippen LogP contribution in [0.25, 0.3) is 0 Å². The van der Waals surface area contributed by atoms with Gasteiger partial charge in [0.1, 0.15) is 11.2 Å². The first-order valence-electron chi connectivity index (χ1n) is 6.32. The summed E-state index contributed by atoms with van der Waals surface area (Å²) in [6.45, 7) is 0. The molecule has 1 spiro atoms. The van der Waals surface area contributed by atoms with E-state index in [2.05, 4.69) is 18.2 Å². The molecule has 2 aromatic rings. The van der Waals surface area contributed by atoms with Gasteiger partial charge in [-0.3, -0.25) is 4.79 Å². The molecular weight excluding hydrogens is 256 g/mol. The van der Waals surface area contributed by atoms with Gasteiger partial charge in [-0.15, -0.1) is 11.8 Å². The predicted octanol–water partition coefficient (Wildman–Crippen LogP) is 3.19. The molecule has 2 nitrogen and oxygen atoms in total. The van der Waals surface area contributed by atoms with Crippen molar-refractivity contribution < 1.29 is 9.53 Å². The monoisotopic (exact) mass is 268 g/mol. The third kappa shape index (κ3) is 1.48.